The summed E-state index contributed by atoms with van der Waals surface area (Å²) in [5.74, 6) is 1.18. The molecule has 0 fully saturated rings. The van der Waals surface area contributed by atoms with Crippen molar-refractivity contribution in [2.45, 2.75) is 25.9 Å². The average Bonchev–Trinajstić information content (AvgIpc) is 2.49. The lowest BCUT2D eigenvalue weighted by Crippen LogP contribution is -2.30. The second-order valence-electron chi connectivity index (χ2n) is 5.56. The first-order valence-corrected chi connectivity index (χ1v) is 8.17. The van der Waals surface area contributed by atoms with Crippen LogP contribution >= 0.6 is 15.9 Å². The van der Waals surface area contributed by atoms with Gasteiger partial charge in [-0.2, -0.15) is 0 Å². The molecule has 1 atom stereocenters. The molecule has 0 saturated carbocycles. The third-order valence-electron chi connectivity index (χ3n) is 3.49. The number of carbonyl (C=O) groups excluding carboxylic acids is 1. The minimum absolute atomic E-state index is 0.111. The summed E-state index contributed by atoms with van der Waals surface area (Å²) in [6, 6.07) is 14.9. The first-order chi connectivity index (χ1) is 10.9. The van der Waals surface area contributed by atoms with Crippen LogP contribution in [0, 0.1) is 0 Å². The monoisotopic (exact) mass is 377 g/mol. The van der Waals surface area contributed by atoms with Crippen LogP contribution in [0.5, 0.6) is 11.5 Å². The van der Waals surface area contributed by atoms with E-state index in [0.29, 0.717) is 30.0 Å². The molecule has 0 aliphatic rings. The van der Waals surface area contributed by atoms with Gasteiger partial charge < -0.3 is 15.2 Å². The Kier molecular flexibility index (Phi) is 5.80. The van der Waals surface area contributed by atoms with E-state index in [2.05, 4.69) is 21.2 Å². The van der Waals surface area contributed by atoms with E-state index in [1.165, 1.54) is 6.92 Å². The number of para-hydroxylation sites is 1. The molecule has 0 bridgehead atoms. The lowest BCUT2D eigenvalue weighted by atomic mass is 9.91. The van der Waals surface area contributed by atoms with Gasteiger partial charge in [-0.1, -0.05) is 34.1 Å². The van der Waals surface area contributed by atoms with Crippen molar-refractivity contribution in [1.29, 1.82) is 0 Å². The van der Waals surface area contributed by atoms with Gasteiger partial charge in [-0.3, -0.25) is 4.79 Å². The Morgan fingerprint density at radius 2 is 1.87 bits per heavy atom. The van der Waals surface area contributed by atoms with E-state index in [0.717, 1.165) is 4.47 Å². The third-order valence-corrected chi connectivity index (χ3v) is 4.02. The number of aliphatic hydroxyl groups is 1. The standard InChI is InChI=1S/C18H20BrNO3/c1-13(21)20-12-11-18(2,22)16-5-3-4-6-17(16)23-15-9-7-14(19)8-10-15/h3-10,22H,11-12H2,1-2H3,(H,20,21). The van der Waals surface area contributed by atoms with Gasteiger partial charge >= 0.3 is 0 Å². The Hall–Kier alpha value is -1.85. The van der Waals surface area contributed by atoms with Gasteiger partial charge in [0.25, 0.3) is 0 Å². The van der Waals surface area contributed by atoms with Gasteiger partial charge in [0.05, 0.1) is 5.60 Å². The van der Waals surface area contributed by atoms with Gasteiger partial charge in [0.2, 0.25) is 5.91 Å². The molecule has 23 heavy (non-hydrogen) atoms. The summed E-state index contributed by atoms with van der Waals surface area (Å²) in [6.45, 7) is 3.58. The Labute approximate surface area is 144 Å². The second-order valence-corrected chi connectivity index (χ2v) is 6.47. The second kappa shape index (κ2) is 7.62. The van der Waals surface area contributed by atoms with Crippen molar-refractivity contribution in [3.05, 3.63) is 58.6 Å². The minimum Gasteiger partial charge on any atom is -0.457 e. The summed E-state index contributed by atoms with van der Waals surface area (Å²) in [6.07, 6.45) is 0.396. The first kappa shape index (κ1) is 17.5. The van der Waals surface area contributed by atoms with E-state index < -0.39 is 5.60 Å². The van der Waals surface area contributed by atoms with E-state index in [1.54, 1.807) is 6.92 Å². The summed E-state index contributed by atoms with van der Waals surface area (Å²) >= 11 is 3.39. The maximum Gasteiger partial charge on any atom is 0.216 e. The quantitative estimate of drug-likeness (QED) is 0.800. The smallest absolute Gasteiger partial charge is 0.216 e. The molecule has 2 rings (SSSR count). The van der Waals surface area contributed by atoms with Gasteiger partial charge in [-0.15, -0.1) is 0 Å². The molecule has 5 heteroatoms. The fourth-order valence-corrected chi connectivity index (χ4v) is 2.51. The van der Waals surface area contributed by atoms with E-state index >= 15 is 0 Å². The molecule has 122 valence electrons. The molecular formula is C18H20BrNO3. The molecule has 0 radical (unpaired) electrons. The topological polar surface area (TPSA) is 58.6 Å². The Morgan fingerprint density at radius 3 is 2.52 bits per heavy atom. The Bertz CT molecular complexity index is 668. The summed E-state index contributed by atoms with van der Waals surface area (Å²) in [4.78, 5) is 11.0. The van der Waals surface area contributed by atoms with Crippen LogP contribution in [-0.2, 0) is 10.4 Å². The van der Waals surface area contributed by atoms with Crippen LogP contribution in [-0.4, -0.2) is 17.6 Å². The lowest BCUT2D eigenvalue weighted by molar-refractivity contribution is -0.119. The van der Waals surface area contributed by atoms with Gasteiger partial charge in [-0.05, 0) is 43.7 Å². The molecule has 2 aromatic rings. The van der Waals surface area contributed by atoms with Gasteiger partial charge in [-0.25, -0.2) is 0 Å². The normalized spacial score (nSPS) is 13.2. The SMILES string of the molecule is CC(=O)NCCC(C)(O)c1ccccc1Oc1ccc(Br)cc1. The largest absolute Gasteiger partial charge is 0.457 e. The van der Waals surface area contributed by atoms with Gasteiger partial charge in [0.15, 0.2) is 0 Å². The number of nitrogens with one attached hydrogen (secondary N) is 1. The van der Waals surface area contributed by atoms with Crippen LogP contribution in [0.1, 0.15) is 25.8 Å². The molecule has 0 spiro atoms. The molecule has 1 unspecified atom stereocenters. The fraction of sp³-hybridized carbons (Fsp3) is 0.278. The van der Waals surface area contributed by atoms with Crippen molar-refractivity contribution >= 4 is 21.8 Å². The highest BCUT2D eigenvalue weighted by Crippen LogP contribution is 2.35. The third kappa shape index (κ3) is 5.08. The molecule has 0 aliphatic heterocycles. The molecule has 1 amide bonds. The first-order valence-electron chi connectivity index (χ1n) is 7.38. The number of carbonyl (C=O) groups is 1. The van der Waals surface area contributed by atoms with Crippen LogP contribution in [0.25, 0.3) is 0 Å². The Balaban J connectivity index is 2.18. The Morgan fingerprint density at radius 1 is 1.22 bits per heavy atom. The van der Waals surface area contributed by atoms with Crippen molar-refractivity contribution in [3.63, 3.8) is 0 Å². The van der Waals surface area contributed by atoms with Crippen LogP contribution in [0.15, 0.2) is 53.0 Å². The van der Waals surface area contributed by atoms with Crippen molar-refractivity contribution in [1.82, 2.24) is 5.32 Å². The van der Waals surface area contributed by atoms with Crippen LogP contribution < -0.4 is 10.1 Å². The highest BCUT2D eigenvalue weighted by Gasteiger charge is 2.26. The summed E-state index contributed by atoms with van der Waals surface area (Å²) in [5, 5.41) is 13.5. The average molecular weight is 378 g/mol. The van der Waals surface area contributed by atoms with Crippen LogP contribution in [0.2, 0.25) is 0 Å². The van der Waals surface area contributed by atoms with Gasteiger partial charge in [0, 0.05) is 23.5 Å². The number of ether oxygens (including phenoxy) is 1. The number of hydrogen-bond acceptors (Lipinski definition) is 3. The zero-order chi connectivity index (χ0) is 16.9. The van der Waals surface area contributed by atoms with Crippen LogP contribution in [0.3, 0.4) is 0 Å². The predicted molar refractivity (Wildman–Crippen MR) is 93.5 cm³/mol. The molecule has 0 heterocycles. The number of hydrogen-bond donors (Lipinski definition) is 2. The fourth-order valence-electron chi connectivity index (χ4n) is 2.25. The number of halogens is 1. The summed E-state index contributed by atoms with van der Waals surface area (Å²) < 4.78 is 6.88. The van der Waals surface area contributed by atoms with E-state index in [-0.39, 0.29) is 5.91 Å². The molecule has 4 nitrogen and oxygen atoms in total. The predicted octanol–water partition coefficient (Wildman–Crippen LogP) is 3.98. The van der Waals surface area contributed by atoms with Crippen molar-refractivity contribution in [2.24, 2.45) is 0 Å². The molecule has 0 saturated heterocycles. The van der Waals surface area contributed by atoms with E-state index in [4.69, 9.17) is 4.74 Å². The highest BCUT2D eigenvalue weighted by atomic mass is 79.9. The zero-order valence-corrected chi connectivity index (χ0v) is 14.8. The molecular weight excluding hydrogens is 358 g/mol. The summed E-state index contributed by atoms with van der Waals surface area (Å²) in [5.41, 5.74) is -0.415. The maximum absolute atomic E-state index is 11.0. The lowest BCUT2D eigenvalue weighted by Gasteiger charge is -2.26. The number of benzene rings is 2. The zero-order valence-electron chi connectivity index (χ0n) is 13.2. The maximum atomic E-state index is 11.0. The van der Waals surface area contributed by atoms with E-state index in [1.807, 2.05) is 48.5 Å². The van der Waals surface area contributed by atoms with Crippen molar-refractivity contribution in [2.75, 3.05) is 6.54 Å². The molecule has 2 aromatic carbocycles. The van der Waals surface area contributed by atoms with Crippen molar-refractivity contribution in [3.8, 4) is 11.5 Å². The number of amides is 1. The molecule has 0 aromatic heterocycles. The van der Waals surface area contributed by atoms with E-state index in [9.17, 15) is 9.90 Å². The van der Waals surface area contributed by atoms with Crippen molar-refractivity contribution < 1.29 is 14.6 Å². The van der Waals surface area contributed by atoms with Crippen LogP contribution in [0.4, 0.5) is 0 Å². The van der Waals surface area contributed by atoms with Gasteiger partial charge in [0.1, 0.15) is 11.5 Å². The highest BCUT2D eigenvalue weighted by molar-refractivity contribution is 9.10. The number of rotatable bonds is 6. The molecule has 2 N–H and O–H groups in total. The summed E-state index contributed by atoms with van der Waals surface area (Å²) in [7, 11) is 0. The minimum atomic E-state index is -1.10. The molecule has 0 aliphatic carbocycles.